The lowest BCUT2D eigenvalue weighted by molar-refractivity contribution is -0.137. The van der Waals surface area contributed by atoms with Crippen molar-refractivity contribution in [3.8, 4) is 0 Å². The van der Waals surface area contributed by atoms with Crippen LogP contribution in [0.15, 0.2) is 71.6 Å². The quantitative estimate of drug-likeness (QED) is 0.468. The van der Waals surface area contributed by atoms with Crippen LogP contribution in [-0.4, -0.2) is 20.9 Å². The highest BCUT2D eigenvalue weighted by atomic mass is 35.5. The topological polar surface area (TPSA) is 66.5 Å². The van der Waals surface area contributed by atoms with E-state index in [-0.39, 0.29) is 16.3 Å². The van der Waals surface area contributed by atoms with Gasteiger partial charge in [0.1, 0.15) is 6.54 Å². The summed E-state index contributed by atoms with van der Waals surface area (Å²) in [7, 11) is -4.15. The van der Waals surface area contributed by atoms with E-state index in [9.17, 15) is 26.4 Å². The Bertz CT molecular complexity index is 1260. The summed E-state index contributed by atoms with van der Waals surface area (Å²) in [5, 5.41) is 2.80. The molecule has 1 N–H and O–H groups in total. The molecule has 174 valence electrons. The van der Waals surface area contributed by atoms with Crippen LogP contribution in [0.1, 0.15) is 16.7 Å². The highest BCUT2D eigenvalue weighted by molar-refractivity contribution is 7.92. The third-order valence-electron chi connectivity index (χ3n) is 4.96. The molecule has 0 bridgehead atoms. The van der Waals surface area contributed by atoms with Gasteiger partial charge in [-0.05, 0) is 85.6 Å². The molecule has 3 rings (SSSR count). The number of carbonyl (C=O) groups is 1. The minimum atomic E-state index is -4.50. The van der Waals surface area contributed by atoms with Crippen LogP contribution in [0.3, 0.4) is 0 Å². The third kappa shape index (κ3) is 5.85. The Kier molecular flexibility index (Phi) is 7.04. The van der Waals surface area contributed by atoms with E-state index in [1.54, 1.807) is 18.2 Å². The molecule has 5 nitrogen and oxygen atoms in total. The van der Waals surface area contributed by atoms with E-state index in [0.29, 0.717) is 5.02 Å². The number of nitrogens with zero attached hydrogens (tertiary/aromatic N) is 1. The molecule has 0 heterocycles. The van der Waals surface area contributed by atoms with Crippen LogP contribution >= 0.6 is 11.6 Å². The van der Waals surface area contributed by atoms with Crippen molar-refractivity contribution in [3.05, 3.63) is 88.4 Å². The van der Waals surface area contributed by atoms with Crippen molar-refractivity contribution in [2.45, 2.75) is 24.9 Å². The maximum absolute atomic E-state index is 13.4. The number of anilines is 2. The van der Waals surface area contributed by atoms with E-state index in [4.69, 9.17) is 11.6 Å². The summed E-state index contributed by atoms with van der Waals surface area (Å²) in [4.78, 5) is 12.6. The van der Waals surface area contributed by atoms with Gasteiger partial charge in [-0.3, -0.25) is 9.10 Å². The lowest BCUT2D eigenvalue weighted by Crippen LogP contribution is -2.38. The summed E-state index contributed by atoms with van der Waals surface area (Å²) in [6.07, 6.45) is -4.50. The van der Waals surface area contributed by atoms with E-state index >= 15 is 0 Å². The Hall–Kier alpha value is -3.04. The first-order chi connectivity index (χ1) is 15.4. The Balaban J connectivity index is 1.91. The molecule has 0 aliphatic carbocycles. The number of rotatable bonds is 6. The number of nitrogens with one attached hydrogen (secondary N) is 1. The van der Waals surface area contributed by atoms with E-state index in [1.165, 1.54) is 24.3 Å². The summed E-state index contributed by atoms with van der Waals surface area (Å²) in [6.45, 7) is 3.09. The fourth-order valence-corrected chi connectivity index (χ4v) is 4.54. The van der Waals surface area contributed by atoms with Crippen molar-refractivity contribution in [2.75, 3.05) is 16.2 Å². The van der Waals surface area contributed by atoms with Crippen LogP contribution in [0.2, 0.25) is 5.02 Å². The molecule has 0 aliphatic rings. The molecule has 0 atom stereocenters. The Labute approximate surface area is 194 Å². The Morgan fingerprint density at radius 2 is 1.55 bits per heavy atom. The SMILES string of the molecule is Cc1ccc(N(CC(=O)Nc2ccc(C(F)(F)F)cc2)S(=O)(=O)c2ccc(Cl)cc2)cc1C. The largest absolute Gasteiger partial charge is 0.416 e. The van der Waals surface area contributed by atoms with Crippen LogP contribution in [0.5, 0.6) is 0 Å². The van der Waals surface area contributed by atoms with Crippen molar-refractivity contribution in [1.29, 1.82) is 0 Å². The molecule has 0 saturated heterocycles. The zero-order valence-electron chi connectivity index (χ0n) is 17.7. The minimum Gasteiger partial charge on any atom is -0.325 e. The zero-order chi connectivity index (χ0) is 24.4. The van der Waals surface area contributed by atoms with Gasteiger partial charge >= 0.3 is 6.18 Å². The average molecular weight is 497 g/mol. The minimum absolute atomic E-state index is 0.0625. The lowest BCUT2D eigenvalue weighted by Gasteiger charge is -2.25. The number of halogens is 4. The molecular weight excluding hydrogens is 477 g/mol. The number of hydrogen-bond donors (Lipinski definition) is 1. The summed E-state index contributed by atoms with van der Waals surface area (Å²) in [5.74, 6) is -0.717. The lowest BCUT2D eigenvalue weighted by atomic mass is 10.1. The molecule has 3 aromatic carbocycles. The molecule has 0 fully saturated rings. The highest BCUT2D eigenvalue weighted by Crippen LogP contribution is 2.30. The summed E-state index contributed by atoms with van der Waals surface area (Å²) < 4.78 is 65.9. The molecule has 0 aromatic heterocycles. The number of sulfonamides is 1. The Morgan fingerprint density at radius 1 is 0.939 bits per heavy atom. The maximum atomic E-state index is 13.4. The van der Waals surface area contributed by atoms with Crippen molar-refractivity contribution in [1.82, 2.24) is 0 Å². The van der Waals surface area contributed by atoms with Crippen LogP contribution in [-0.2, 0) is 21.0 Å². The van der Waals surface area contributed by atoms with Crippen LogP contribution in [0.4, 0.5) is 24.5 Å². The third-order valence-corrected chi connectivity index (χ3v) is 7.00. The monoisotopic (exact) mass is 496 g/mol. The summed E-state index contributed by atoms with van der Waals surface area (Å²) in [6, 6.07) is 14.4. The van der Waals surface area contributed by atoms with Gasteiger partial charge in [0.15, 0.2) is 0 Å². The number of benzene rings is 3. The highest BCUT2D eigenvalue weighted by Gasteiger charge is 2.30. The molecule has 0 radical (unpaired) electrons. The second-order valence-corrected chi connectivity index (χ2v) is 9.66. The first-order valence-corrected chi connectivity index (χ1v) is 11.5. The van der Waals surface area contributed by atoms with Crippen LogP contribution in [0.25, 0.3) is 0 Å². The molecule has 3 aromatic rings. The molecule has 33 heavy (non-hydrogen) atoms. The van der Waals surface area contributed by atoms with Gasteiger partial charge in [-0.2, -0.15) is 13.2 Å². The number of carbonyl (C=O) groups excluding carboxylic acids is 1. The van der Waals surface area contributed by atoms with Gasteiger partial charge in [0.05, 0.1) is 16.1 Å². The molecule has 0 aliphatic heterocycles. The predicted octanol–water partition coefficient (Wildman–Crippen LogP) is 5.81. The number of aryl methyl sites for hydroxylation is 2. The normalized spacial score (nSPS) is 11.8. The molecule has 0 unspecified atom stereocenters. The number of alkyl halides is 3. The van der Waals surface area contributed by atoms with Gasteiger partial charge in [0.2, 0.25) is 5.91 Å². The van der Waals surface area contributed by atoms with Gasteiger partial charge in [0, 0.05) is 10.7 Å². The average Bonchev–Trinajstić information content (AvgIpc) is 2.74. The number of amides is 1. The van der Waals surface area contributed by atoms with E-state index in [0.717, 1.165) is 39.7 Å². The van der Waals surface area contributed by atoms with Crippen molar-refractivity contribution >= 4 is 38.9 Å². The number of hydrogen-bond acceptors (Lipinski definition) is 3. The van der Waals surface area contributed by atoms with Crippen molar-refractivity contribution in [2.24, 2.45) is 0 Å². The summed E-state index contributed by atoms with van der Waals surface area (Å²) in [5.41, 5.74) is 1.29. The van der Waals surface area contributed by atoms with Gasteiger partial charge in [-0.15, -0.1) is 0 Å². The van der Waals surface area contributed by atoms with Crippen LogP contribution in [0, 0.1) is 13.8 Å². The van der Waals surface area contributed by atoms with Crippen molar-refractivity contribution in [3.63, 3.8) is 0 Å². The fourth-order valence-electron chi connectivity index (χ4n) is 3.00. The van der Waals surface area contributed by atoms with Gasteiger partial charge in [-0.1, -0.05) is 17.7 Å². The second-order valence-electron chi connectivity index (χ2n) is 7.36. The van der Waals surface area contributed by atoms with Gasteiger partial charge < -0.3 is 5.32 Å². The molecule has 10 heteroatoms. The fraction of sp³-hybridized carbons (Fsp3) is 0.174. The maximum Gasteiger partial charge on any atom is 0.416 e. The summed E-state index contributed by atoms with van der Waals surface area (Å²) >= 11 is 5.87. The first-order valence-electron chi connectivity index (χ1n) is 9.70. The first kappa shape index (κ1) is 24.6. The smallest absolute Gasteiger partial charge is 0.325 e. The van der Waals surface area contributed by atoms with Gasteiger partial charge in [0.25, 0.3) is 10.0 Å². The molecule has 1 amide bonds. The standard InChI is InChI=1S/C23H20ClF3N2O3S/c1-15-3-10-20(13-16(15)2)29(33(31,32)21-11-6-18(24)7-12-21)14-22(30)28-19-8-4-17(5-9-19)23(25,26)27/h3-13H,14H2,1-2H3,(H,28,30). The predicted molar refractivity (Wildman–Crippen MR) is 122 cm³/mol. The van der Waals surface area contributed by atoms with Gasteiger partial charge in [-0.25, -0.2) is 8.42 Å². The van der Waals surface area contributed by atoms with Crippen molar-refractivity contribution < 1.29 is 26.4 Å². The van der Waals surface area contributed by atoms with E-state index < -0.39 is 34.2 Å². The zero-order valence-corrected chi connectivity index (χ0v) is 19.2. The van der Waals surface area contributed by atoms with E-state index in [2.05, 4.69) is 5.32 Å². The molecular formula is C23H20ClF3N2O3S. The molecule has 0 saturated carbocycles. The van der Waals surface area contributed by atoms with E-state index in [1.807, 2.05) is 13.8 Å². The van der Waals surface area contributed by atoms with Crippen LogP contribution < -0.4 is 9.62 Å². The Morgan fingerprint density at radius 3 is 2.09 bits per heavy atom. The molecule has 0 spiro atoms. The second kappa shape index (κ2) is 9.44.